The number of thiazole rings is 1. The van der Waals surface area contributed by atoms with Crippen LogP contribution >= 0.6 is 11.3 Å². The molecule has 0 saturated heterocycles. The molecule has 9 heteroatoms. The number of aliphatic imine (C=N–C) groups is 1. The lowest BCUT2D eigenvalue weighted by molar-refractivity contribution is -0.119. The molecule has 1 aromatic carbocycles. The van der Waals surface area contributed by atoms with E-state index in [0.29, 0.717) is 29.2 Å². The predicted molar refractivity (Wildman–Crippen MR) is 131 cm³/mol. The molecule has 1 aliphatic heterocycles. The minimum atomic E-state index is -3.53. The molecule has 170 valence electrons. The second-order valence-electron chi connectivity index (χ2n) is 8.80. The second-order valence-corrected chi connectivity index (χ2v) is 11.6. The van der Waals surface area contributed by atoms with E-state index in [1.54, 1.807) is 12.1 Å². The fourth-order valence-corrected chi connectivity index (χ4v) is 5.64. The lowest BCUT2D eigenvalue weighted by atomic mass is 10.1. The highest BCUT2D eigenvalue weighted by Crippen LogP contribution is 2.39. The Morgan fingerprint density at radius 2 is 1.94 bits per heavy atom. The van der Waals surface area contributed by atoms with Crippen LogP contribution < -0.4 is 5.32 Å². The number of ketones is 1. The Labute approximate surface area is 196 Å². The first-order valence-corrected chi connectivity index (χ1v) is 13.6. The molecule has 5 rings (SSSR count). The van der Waals surface area contributed by atoms with Crippen molar-refractivity contribution in [3.63, 3.8) is 0 Å². The number of carbonyl (C=O) groups excluding carboxylic acids is 1. The van der Waals surface area contributed by atoms with Gasteiger partial charge in [0.25, 0.3) is 0 Å². The normalized spacial score (nSPS) is 15.3. The van der Waals surface area contributed by atoms with Crippen LogP contribution in [-0.2, 0) is 27.5 Å². The zero-order valence-electron chi connectivity index (χ0n) is 18.7. The summed E-state index contributed by atoms with van der Waals surface area (Å²) in [6, 6.07) is 7.10. The molecule has 0 unspecified atom stereocenters. The van der Waals surface area contributed by atoms with Crippen molar-refractivity contribution < 1.29 is 13.2 Å². The lowest BCUT2D eigenvalue weighted by Crippen LogP contribution is -2.09. The first kappa shape index (κ1) is 21.9. The van der Waals surface area contributed by atoms with Gasteiger partial charge < -0.3 is 5.32 Å². The summed E-state index contributed by atoms with van der Waals surface area (Å²) in [5.74, 6) is 0.372. The van der Waals surface area contributed by atoms with E-state index >= 15 is 0 Å². The molecule has 2 aliphatic rings. The van der Waals surface area contributed by atoms with E-state index < -0.39 is 9.84 Å². The van der Waals surface area contributed by atoms with E-state index in [4.69, 9.17) is 0 Å². The minimum Gasteiger partial charge on any atom is -0.353 e. The van der Waals surface area contributed by atoms with Gasteiger partial charge in [-0.05, 0) is 51.0 Å². The Morgan fingerprint density at radius 1 is 1.15 bits per heavy atom. The van der Waals surface area contributed by atoms with Crippen LogP contribution in [0.3, 0.4) is 0 Å². The number of aryl methyl sites for hydroxylation is 1. The predicted octanol–water partition coefficient (Wildman–Crippen LogP) is 4.83. The number of nitrogens with zero attached hydrogens (tertiary/aromatic N) is 3. The van der Waals surface area contributed by atoms with Crippen molar-refractivity contribution in [3.8, 4) is 10.6 Å². The molecule has 0 amide bonds. The van der Waals surface area contributed by atoms with Crippen LogP contribution in [0.4, 0.5) is 17.1 Å². The van der Waals surface area contributed by atoms with Crippen LogP contribution in [0.25, 0.3) is 10.6 Å². The van der Waals surface area contributed by atoms with Crippen molar-refractivity contribution in [2.75, 3.05) is 11.6 Å². The quantitative estimate of drug-likeness (QED) is 0.520. The van der Waals surface area contributed by atoms with E-state index in [1.807, 2.05) is 31.4 Å². The smallest absolute Gasteiger partial charge is 0.177 e. The highest BCUT2D eigenvalue weighted by Gasteiger charge is 2.30. The standard InChI is InChI=1S/C24H24N4O3S2/c1-13-8-19-23(25-13)20(10-17(27-19)11-21(29)15-4-5-15)28-18-7-6-16(9-22(18)33(3,30)31)24-26-14(2)12-32-24/h6-7,9-10,12,15H,4-5,8,11H2,1-3H3,(H,27,28). The highest BCUT2D eigenvalue weighted by atomic mass is 32.2. The third kappa shape index (κ3) is 4.60. The zero-order chi connectivity index (χ0) is 23.3. The summed E-state index contributed by atoms with van der Waals surface area (Å²) in [6.07, 6.45) is 4.02. The number of carbonyl (C=O) groups is 1. The topological polar surface area (TPSA) is 101 Å². The fraction of sp³-hybridized carbons (Fsp3) is 0.333. The zero-order valence-corrected chi connectivity index (χ0v) is 20.3. The number of rotatable bonds is 7. The Kier molecular flexibility index (Phi) is 5.41. The number of sulfone groups is 1. The van der Waals surface area contributed by atoms with Gasteiger partial charge in [0.15, 0.2) is 9.84 Å². The van der Waals surface area contributed by atoms with Crippen LogP contribution in [0.15, 0.2) is 39.5 Å². The molecule has 33 heavy (non-hydrogen) atoms. The van der Waals surface area contributed by atoms with Gasteiger partial charge in [0, 0.05) is 47.4 Å². The molecule has 3 aromatic rings. The molecule has 0 bridgehead atoms. The Hall–Kier alpha value is -2.91. The van der Waals surface area contributed by atoms with Gasteiger partial charge >= 0.3 is 0 Å². The Bertz CT molecular complexity index is 1420. The number of nitrogens with one attached hydrogen (secondary N) is 1. The lowest BCUT2D eigenvalue weighted by Gasteiger charge is -2.15. The Morgan fingerprint density at radius 3 is 2.61 bits per heavy atom. The van der Waals surface area contributed by atoms with Gasteiger partial charge in [0.05, 0.1) is 27.7 Å². The SMILES string of the molecule is CC1=Nc2c(Nc3ccc(-c4nc(C)cs4)cc3S(C)(=O)=O)cc(CC(=O)C3CC3)nc2C1. The van der Waals surface area contributed by atoms with Gasteiger partial charge in [-0.25, -0.2) is 13.4 Å². The summed E-state index contributed by atoms with van der Waals surface area (Å²) in [6.45, 7) is 3.85. The molecule has 1 saturated carbocycles. The van der Waals surface area contributed by atoms with Crippen molar-refractivity contribution in [1.29, 1.82) is 0 Å². The van der Waals surface area contributed by atoms with E-state index in [9.17, 15) is 13.2 Å². The fourth-order valence-electron chi connectivity index (χ4n) is 3.98. The number of Topliss-reactive ketones (excluding diaryl/α,β-unsaturated/α-hetero) is 1. The highest BCUT2D eigenvalue weighted by molar-refractivity contribution is 7.90. The molecular weight excluding hydrogens is 456 g/mol. The maximum absolute atomic E-state index is 12.7. The average molecular weight is 481 g/mol. The number of aromatic nitrogens is 2. The van der Waals surface area contributed by atoms with Crippen LogP contribution in [0.1, 0.15) is 36.8 Å². The molecule has 3 heterocycles. The third-order valence-electron chi connectivity index (χ3n) is 5.75. The van der Waals surface area contributed by atoms with E-state index in [2.05, 4.69) is 20.3 Å². The number of hydrogen-bond acceptors (Lipinski definition) is 8. The van der Waals surface area contributed by atoms with Crippen molar-refractivity contribution in [2.45, 2.75) is 44.4 Å². The molecule has 0 spiro atoms. The molecule has 0 atom stereocenters. The number of pyridine rings is 1. The largest absolute Gasteiger partial charge is 0.353 e. The van der Waals surface area contributed by atoms with Crippen molar-refractivity contribution in [2.24, 2.45) is 10.9 Å². The summed E-state index contributed by atoms with van der Waals surface area (Å²) in [5.41, 5.74) is 5.91. The van der Waals surface area contributed by atoms with Gasteiger partial charge in [0.2, 0.25) is 0 Å². The number of anilines is 2. The minimum absolute atomic E-state index is 0.160. The molecule has 1 N–H and O–H groups in total. The third-order valence-corrected chi connectivity index (χ3v) is 7.89. The van der Waals surface area contributed by atoms with E-state index in [0.717, 1.165) is 40.5 Å². The second kappa shape index (κ2) is 8.14. The van der Waals surface area contributed by atoms with Crippen molar-refractivity contribution in [3.05, 3.63) is 46.7 Å². The summed E-state index contributed by atoms with van der Waals surface area (Å²) < 4.78 is 25.3. The first-order valence-electron chi connectivity index (χ1n) is 10.8. The van der Waals surface area contributed by atoms with Crippen molar-refractivity contribution in [1.82, 2.24) is 9.97 Å². The van der Waals surface area contributed by atoms with Gasteiger partial charge in [-0.1, -0.05) is 0 Å². The first-order chi connectivity index (χ1) is 15.7. The molecule has 2 aromatic heterocycles. The summed E-state index contributed by atoms with van der Waals surface area (Å²) in [5, 5.41) is 6.00. The molecule has 1 aliphatic carbocycles. The van der Waals surface area contributed by atoms with Gasteiger partial charge in [-0.3, -0.25) is 14.8 Å². The number of hydrogen-bond donors (Lipinski definition) is 1. The summed E-state index contributed by atoms with van der Waals surface area (Å²) >= 11 is 1.48. The Balaban J connectivity index is 1.55. The van der Waals surface area contributed by atoms with Crippen molar-refractivity contribution >= 4 is 49.7 Å². The van der Waals surface area contributed by atoms with Gasteiger partial charge in [-0.2, -0.15) is 0 Å². The van der Waals surface area contributed by atoms with Crippen LogP contribution in [0.2, 0.25) is 0 Å². The van der Waals surface area contributed by atoms with Crippen LogP contribution in [-0.4, -0.2) is 36.1 Å². The summed E-state index contributed by atoms with van der Waals surface area (Å²) in [4.78, 5) is 26.4. The number of fused-ring (bicyclic) bond motifs is 1. The molecule has 1 fully saturated rings. The van der Waals surface area contributed by atoms with Crippen LogP contribution in [0, 0.1) is 12.8 Å². The maximum Gasteiger partial charge on any atom is 0.177 e. The molecular formula is C24H24N4O3S2. The molecule has 7 nitrogen and oxygen atoms in total. The van der Waals surface area contributed by atoms with E-state index in [1.165, 1.54) is 17.6 Å². The van der Waals surface area contributed by atoms with Gasteiger partial charge in [0.1, 0.15) is 16.5 Å². The van der Waals surface area contributed by atoms with Gasteiger partial charge in [-0.15, -0.1) is 11.3 Å². The molecule has 0 radical (unpaired) electrons. The monoisotopic (exact) mass is 480 g/mol. The summed E-state index contributed by atoms with van der Waals surface area (Å²) in [7, 11) is -3.53. The number of benzene rings is 1. The van der Waals surface area contributed by atoms with E-state index in [-0.39, 0.29) is 23.0 Å². The van der Waals surface area contributed by atoms with Crippen LogP contribution in [0.5, 0.6) is 0 Å². The maximum atomic E-state index is 12.7. The average Bonchev–Trinajstić information content (AvgIpc) is 3.40.